The standard InChI is InChI=1S/C11H16ClNO3S2/c1-16-9-3-2-4-13(7-9)18(14,15)11-5-10(6-12)17-8-11/h5,8-9H,2-4,6-7H2,1H3. The van der Waals surface area contributed by atoms with Gasteiger partial charge in [-0.05, 0) is 18.9 Å². The molecule has 1 saturated heterocycles. The molecule has 0 bridgehead atoms. The summed E-state index contributed by atoms with van der Waals surface area (Å²) < 4.78 is 31.6. The van der Waals surface area contributed by atoms with Crippen LogP contribution >= 0.6 is 22.9 Å². The lowest BCUT2D eigenvalue weighted by atomic mass is 10.1. The van der Waals surface area contributed by atoms with Gasteiger partial charge < -0.3 is 4.74 Å². The van der Waals surface area contributed by atoms with Crippen molar-refractivity contribution in [2.24, 2.45) is 0 Å². The lowest BCUT2D eigenvalue weighted by Crippen LogP contribution is -2.42. The maximum atomic E-state index is 12.4. The van der Waals surface area contributed by atoms with Crippen LogP contribution in [0, 0.1) is 0 Å². The zero-order valence-corrected chi connectivity index (χ0v) is 12.5. The second kappa shape index (κ2) is 5.88. The Balaban J connectivity index is 2.19. The molecule has 1 aromatic rings. The molecular weight excluding hydrogens is 294 g/mol. The fourth-order valence-corrected chi connectivity index (χ4v) is 4.92. The van der Waals surface area contributed by atoms with E-state index in [0.717, 1.165) is 17.7 Å². The highest BCUT2D eigenvalue weighted by Crippen LogP contribution is 2.26. The predicted molar refractivity (Wildman–Crippen MR) is 72.7 cm³/mol. The summed E-state index contributed by atoms with van der Waals surface area (Å²) in [5, 5.41) is 1.66. The van der Waals surface area contributed by atoms with E-state index < -0.39 is 10.0 Å². The number of piperidine rings is 1. The van der Waals surface area contributed by atoms with Crippen LogP contribution in [0.5, 0.6) is 0 Å². The highest BCUT2D eigenvalue weighted by Gasteiger charge is 2.30. The average Bonchev–Trinajstić information content (AvgIpc) is 2.88. The maximum Gasteiger partial charge on any atom is 0.243 e. The number of thiophene rings is 1. The topological polar surface area (TPSA) is 46.6 Å². The molecule has 7 heteroatoms. The molecule has 0 radical (unpaired) electrons. The van der Waals surface area contributed by atoms with Crippen LogP contribution < -0.4 is 0 Å². The average molecular weight is 310 g/mol. The monoisotopic (exact) mass is 309 g/mol. The van der Waals surface area contributed by atoms with Gasteiger partial charge in [-0.3, -0.25) is 0 Å². The van der Waals surface area contributed by atoms with Crippen LogP contribution in [0.3, 0.4) is 0 Å². The molecule has 1 fully saturated rings. The Morgan fingerprint density at radius 3 is 3.00 bits per heavy atom. The summed E-state index contributed by atoms with van der Waals surface area (Å²) in [5.74, 6) is 0.348. The number of hydrogen-bond acceptors (Lipinski definition) is 4. The smallest absolute Gasteiger partial charge is 0.243 e. The van der Waals surface area contributed by atoms with Crippen LogP contribution in [-0.4, -0.2) is 39.0 Å². The van der Waals surface area contributed by atoms with Gasteiger partial charge in [0.15, 0.2) is 0 Å². The molecule has 0 spiro atoms. The Kier molecular flexibility index (Phi) is 4.66. The Bertz CT molecular complexity index is 500. The summed E-state index contributed by atoms with van der Waals surface area (Å²) in [7, 11) is -1.77. The van der Waals surface area contributed by atoms with E-state index in [1.165, 1.54) is 15.6 Å². The zero-order valence-electron chi connectivity index (χ0n) is 10.1. The van der Waals surface area contributed by atoms with Gasteiger partial charge in [-0.2, -0.15) is 4.31 Å². The highest BCUT2D eigenvalue weighted by molar-refractivity contribution is 7.89. The minimum absolute atomic E-state index is 0.000317. The molecule has 0 aliphatic carbocycles. The first kappa shape index (κ1) is 14.3. The van der Waals surface area contributed by atoms with Crippen LogP contribution in [0.1, 0.15) is 17.7 Å². The molecule has 102 valence electrons. The molecule has 0 aromatic carbocycles. The van der Waals surface area contributed by atoms with Gasteiger partial charge >= 0.3 is 0 Å². The molecule has 18 heavy (non-hydrogen) atoms. The molecule has 0 N–H and O–H groups in total. The molecule has 1 atom stereocenters. The van der Waals surface area contributed by atoms with Crippen LogP contribution in [0.4, 0.5) is 0 Å². The molecule has 0 saturated carbocycles. The van der Waals surface area contributed by atoms with Crippen LogP contribution in [0.2, 0.25) is 0 Å². The van der Waals surface area contributed by atoms with E-state index in [2.05, 4.69) is 0 Å². The normalized spacial score (nSPS) is 22.2. The molecule has 2 heterocycles. The molecule has 4 nitrogen and oxygen atoms in total. The summed E-state index contributed by atoms with van der Waals surface area (Å²) in [5.41, 5.74) is 0. The molecule has 1 aliphatic rings. The van der Waals surface area contributed by atoms with E-state index in [-0.39, 0.29) is 6.10 Å². The number of halogens is 1. The van der Waals surface area contributed by atoms with E-state index in [1.54, 1.807) is 18.6 Å². The van der Waals surface area contributed by atoms with Crippen molar-refractivity contribution in [1.29, 1.82) is 0 Å². The van der Waals surface area contributed by atoms with E-state index in [0.29, 0.717) is 23.9 Å². The molecule has 0 amide bonds. The molecule has 2 rings (SSSR count). The largest absolute Gasteiger partial charge is 0.380 e. The minimum atomic E-state index is -3.39. The predicted octanol–water partition coefficient (Wildman–Crippen LogP) is 2.29. The van der Waals surface area contributed by atoms with Crippen molar-refractivity contribution < 1.29 is 13.2 Å². The van der Waals surface area contributed by atoms with Gasteiger partial charge in [0.1, 0.15) is 0 Å². The van der Waals surface area contributed by atoms with E-state index >= 15 is 0 Å². The van der Waals surface area contributed by atoms with Gasteiger partial charge in [-0.15, -0.1) is 22.9 Å². The number of alkyl halides is 1. The maximum absolute atomic E-state index is 12.4. The fraction of sp³-hybridized carbons (Fsp3) is 0.636. The second-order valence-corrected chi connectivity index (χ2v) is 7.45. The quantitative estimate of drug-likeness (QED) is 0.802. The zero-order chi connectivity index (χ0) is 13.2. The van der Waals surface area contributed by atoms with Gasteiger partial charge in [0.25, 0.3) is 0 Å². The third-order valence-corrected chi connectivity index (χ3v) is 6.45. The Hall–Kier alpha value is -0.140. The number of methoxy groups -OCH3 is 1. The number of hydrogen-bond donors (Lipinski definition) is 0. The van der Waals surface area contributed by atoms with Crippen molar-refractivity contribution in [3.05, 3.63) is 16.3 Å². The van der Waals surface area contributed by atoms with Gasteiger partial charge in [0.2, 0.25) is 10.0 Å². The van der Waals surface area contributed by atoms with Gasteiger partial charge in [-0.1, -0.05) is 0 Å². The van der Waals surface area contributed by atoms with Crippen LogP contribution in [0.15, 0.2) is 16.3 Å². The van der Waals surface area contributed by atoms with Crippen LogP contribution in [-0.2, 0) is 20.6 Å². The summed E-state index contributed by atoms with van der Waals surface area (Å²) >= 11 is 7.08. The number of sulfonamides is 1. The van der Waals surface area contributed by atoms with Gasteiger partial charge in [0.05, 0.1) is 16.9 Å². The second-order valence-electron chi connectivity index (χ2n) is 4.25. The minimum Gasteiger partial charge on any atom is -0.380 e. The lowest BCUT2D eigenvalue weighted by molar-refractivity contribution is 0.0572. The third-order valence-electron chi connectivity index (χ3n) is 3.07. The molecule has 1 unspecified atom stereocenters. The summed E-state index contributed by atoms with van der Waals surface area (Å²) in [4.78, 5) is 1.22. The number of ether oxygens (including phenoxy) is 1. The van der Waals surface area contributed by atoms with E-state index in [9.17, 15) is 8.42 Å². The summed E-state index contributed by atoms with van der Waals surface area (Å²) in [6, 6.07) is 1.66. The van der Waals surface area contributed by atoms with Crippen molar-refractivity contribution in [2.45, 2.75) is 29.7 Å². The number of nitrogens with zero attached hydrogens (tertiary/aromatic N) is 1. The SMILES string of the molecule is COC1CCCN(S(=O)(=O)c2csc(CCl)c2)C1. The Morgan fingerprint density at radius 1 is 1.61 bits per heavy atom. The van der Waals surface area contributed by atoms with E-state index in [1.807, 2.05) is 0 Å². The lowest BCUT2D eigenvalue weighted by Gasteiger charge is -2.30. The van der Waals surface area contributed by atoms with Crippen molar-refractivity contribution >= 4 is 33.0 Å². The fourth-order valence-electron chi connectivity index (χ4n) is 2.03. The molecule has 1 aliphatic heterocycles. The summed E-state index contributed by atoms with van der Waals surface area (Å²) in [6.07, 6.45) is 1.75. The number of rotatable bonds is 4. The summed E-state index contributed by atoms with van der Waals surface area (Å²) in [6.45, 7) is 0.999. The van der Waals surface area contributed by atoms with Crippen LogP contribution in [0.25, 0.3) is 0 Å². The highest BCUT2D eigenvalue weighted by atomic mass is 35.5. The Labute approximate surface area is 117 Å². The molecule has 1 aromatic heterocycles. The van der Waals surface area contributed by atoms with Gasteiger partial charge in [0, 0.05) is 30.5 Å². The first-order chi connectivity index (χ1) is 8.57. The Morgan fingerprint density at radius 2 is 2.39 bits per heavy atom. The molecular formula is C11H16ClNO3S2. The third kappa shape index (κ3) is 2.88. The van der Waals surface area contributed by atoms with Crippen molar-refractivity contribution in [3.8, 4) is 0 Å². The van der Waals surface area contributed by atoms with E-state index in [4.69, 9.17) is 16.3 Å². The first-order valence-corrected chi connectivity index (χ1v) is 8.59. The first-order valence-electron chi connectivity index (χ1n) is 5.74. The van der Waals surface area contributed by atoms with Crippen molar-refractivity contribution in [2.75, 3.05) is 20.2 Å². The van der Waals surface area contributed by atoms with Crippen molar-refractivity contribution in [1.82, 2.24) is 4.31 Å². The van der Waals surface area contributed by atoms with Gasteiger partial charge in [-0.25, -0.2) is 8.42 Å². The van der Waals surface area contributed by atoms with Crippen molar-refractivity contribution in [3.63, 3.8) is 0 Å².